The van der Waals surface area contributed by atoms with Crippen molar-refractivity contribution in [2.45, 2.75) is 33.6 Å². The number of Topliss-reactive ketones (excluding diaryl/α,β-unsaturated/α-hetero) is 1. The number of fused-ring (bicyclic) bond motifs is 1. The second kappa shape index (κ2) is 11.6. The van der Waals surface area contributed by atoms with Crippen molar-refractivity contribution >= 4 is 34.1 Å². The van der Waals surface area contributed by atoms with Crippen LogP contribution in [0.4, 0.5) is 5.69 Å². The number of nitrogens with zero attached hydrogens (tertiary/aromatic N) is 3. The average Bonchev–Trinajstić information content (AvgIpc) is 3.48. The summed E-state index contributed by atoms with van der Waals surface area (Å²) >= 11 is 0. The number of hydrogen-bond acceptors (Lipinski definition) is 8. The number of hydrazine groups is 1. The fraction of sp³-hybridized carbons (Fsp3) is 0.258. The number of aryl methyl sites for hydroxylation is 1. The zero-order valence-electron chi connectivity index (χ0n) is 22.8. The number of ketones is 1. The molecule has 0 saturated heterocycles. The Kier molecular flexibility index (Phi) is 7.84. The third-order valence-corrected chi connectivity index (χ3v) is 6.79. The van der Waals surface area contributed by atoms with Crippen LogP contribution in [0.25, 0.3) is 22.0 Å². The van der Waals surface area contributed by atoms with Gasteiger partial charge in [-0.3, -0.25) is 19.6 Å². The number of pyridine rings is 2. The van der Waals surface area contributed by atoms with Crippen LogP contribution in [0.3, 0.4) is 0 Å². The maximum Gasteiger partial charge on any atom is 0.256 e. The summed E-state index contributed by atoms with van der Waals surface area (Å²) in [5.74, 6) is 1.18. The molecule has 0 atom stereocenters. The normalized spacial score (nSPS) is 13.0. The van der Waals surface area contributed by atoms with Gasteiger partial charge in [-0.2, -0.15) is 0 Å². The Morgan fingerprint density at radius 3 is 2.55 bits per heavy atom. The monoisotopic (exact) mass is 536 g/mol. The molecule has 1 aliphatic heterocycles. The highest BCUT2D eigenvalue weighted by Crippen LogP contribution is 2.28. The SMILES string of the molecule is Cc1cc(C(=O)Nc2ccccc2)c2ccc(-c3ccc(OCC(C)(C)C(=O)CCC4=NCNN4)nc3)cc2n1. The molecular formula is C31H32N6O3. The fourth-order valence-electron chi connectivity index (χ4n) is 4.45. The summed E-state index contributed by atoms with van der Waals surface area (Å²) in [5.41, 5.74) is 9.81. The van der Waals surface area contributed by atoms with Gasteiger partial charge >= 0.3 is 0 Å². The van der Waals surface area contributed by atoms with Gasteiger partial charge in [-0.15, -0.1) is 0 Å². The molecule has 0 bridgehead atoms. The Morgan fingerprint density at radius 2 is 1.82 bits per heavy atom. The van der Waals surface area contributed by atoms with Crippen LogP contribution >= 0.6 is 0 Å². The quantitative estimate of drug-likeness (QED) is 0.259. The number of anilines is 1. The Labute approximate surface area is 233 Å². The van der Waals surface area contributed by atoms with Crippen LogP contribution in [0.5, 0.6) is 5.88 Å². The molecule has 0 saturated carbocycles. The number of carbonyl (C=O) groups is 2. The lowest BCUT2D eigenvalue weighted by atomic mass is 9.86. The van der Waals surface area contributed by atoms with Crippen molar-refractivity contribution in [3.8, 4) is 17.0 Å². The zero-order valence-corrected chi connectivity index (χ0v) is 22.8. The standard InChI is InChI=1S/C31H32N6O3/c1-20-15-25(30(39)36-23-7-5-4-6-8-23)24-11-9-21(16-26(24)35-20)22-10-14-29(32-17-22)40-18-31(2,3)27(38)12-13-28-33-19-34-37-28/h4-11,14-17,34H,12-13,18-19H2,1-3H3,(H,33,37)(H,36,39). The van der Waals surface area contributed by atoms with Gasteiger partial charge in [0.05, 0.1) is 16.5 Å². The average molecular weight is 537 g/mol. The van der Waals surface area contributed by atoms with Crippen molar-refractivity contribution in [1.29, 1.82) is 0 Å². The first-order valence-corrected chi connectivity index (χ1v) is 13.2. The summed E-state index contributed by atoms with van der Waals surface area (Å²) < 4.78 is 5.88. The van der Waals surface area contributed by atoms with Crippen molar-refractivity contribution in [3.05, 3.63) is 84.2 Å². The molecule has 1 aliphatic rings. The van der Waals surface area contributed by atoms with E-state index in [1.165, 1.54) is 0 Å². The minimum Gasteiger partial charge on any atom is -0.477 e. The number of amidine groups is 1. The predicted molar refractivity (Wildman–Crippen MR) is 156 cm³/mol. The van der Waals surface area contributed by atoms with Gasteiger partial charge in [0, 0.05) is 47.4 Å². The van der Waals surface area contributed by atoms with E-state index in [9.17, 15) is 9.59 Å². The van der Waals surface area contributed by atoms with E-state index in [2.05, 4.69) is 31.1 Å². The molecule has 0 aliphatic carbocycles. The molecule has 2 aromatic heterocycles. The Balaban J connectivity index is 1.26. The largest absolute Gasteiger partial charge is 0.477 e. The highest BCUT2D eigenvalue weighted by molar-refractivity contribution is 6.12. The molecule has 3 heterocycles. The summed E-state index contributed by atoms with van der Waals surface area (Å²) in [4.78, 5) is 39.2. The van der Waals surface area contributed by atoms with E-state index in [1.54, 1.807) is 18.3 Å². The number of aliphatic imine (C=N–C) groups is 1. The second-order valence-electron chi connectivity index (χ2n) is 10.4. The predicted octanol–water partition coefficient (Wildman–Crippen LogP) is 5.08. The number of ether oxygens (including phenoxy) is 1. The molecule has 0 fully saturated rings. The lowest BCUT2D eigenvalue weighted by Gasteiger charge is -2.23. The van der Waals surface area contributed by atoms with E-state index in [1.807, 2.05) is 75.4 Å². The van der Waals surface area contributed by atoms with E-state index in [4.69, 9.17) is 4.74 Å². The van der Waals surface area contributed by atoms with Gasteiger partial charge in [0.15, 0.2) is 0 Å². The number of para-hydroxylation sites is 1. The lowest BCUT2D eigenvalue weighted by molar-refractivity contribution is -0.128. The highest BCUT2D eigenvalue weighted by Gasteiger charge is 2.28. The van der Waals surface area contributed by atoms with Crippen LogP contribution in [0.1, 0.15) is 42.7 Å². The molecule has 2 aromatic carbocycles. The molecule has 5 rings (SSSR count). The third-order valence-electron chi connectivity index (χ3n) is 6.79. The molecule has 0 spiro atoms. The van der Waals surface area contributed by atoms with Gasteiger partial charge in [-0.05, 0) is 56.7 Å². The van der Waals surface area contributed by atoms with Crippen molar-refractivity contribution in [2.24, 2.45) is 10.4 Å². The van der Waals surface area contributed by atoms with Crippen molar-refractivity contribution < 1.29 is 14.3 Å². The minimum atomic E-state index is -0.653. The Bertz CT molecular complexity index is 1570. The van der Waals surface area contributed by atoms with Crippen molar-refractivity contribution in [3.63, 3.8) is 0 Å². The van der Waals surface area contributed by atoms with Gasteiger partial charge in [0.25, 0.3) is 5.91 Å². The van der Waals surface area contributed by atoms with Crippen LogP contribution in [0.15, 0.2) is 77.9 Å². The van der Waals surface area contributed by atoms with E-state index in [0.717, 1.165) is 39.2 Å². The number of rotatable bonds is 10. The summed E-state index contributed by atoms with van der Waals surface area (Å²) in [6, 6.07) is 20.7. The number of nitrogens with one attached hydrogen (secondary N) is 3. The summed E-state index contributed by atoms with van der Waals surface area (Å²) in [6.45, 7) is 6.39. The summed E-state index contributed by atoms with van der Waals surface area (Å²) in [5, 5.41) is 3.73. The van der Waals surface area contributed by atoms with Crippen molar-refractivity contribution in [2.75, 3.05) is 18.6 Å². The van der Waals surface area contributed by atoms with E-state index in [-0.39, 0.29) is 18.3 Å². The van der Waals surface area contributed by atoms with Crippen LogP contribution in [-0.2, 0) is 4.79 Å². The molecule has 0 unspecified atom stereocenters. The number of amides is 1. The minimum absolute atomic E-state index is 0.108. The third kappa shape index (κ3) is 6.32. The molecular weight excluding hydrogens is 504 g/mol. The molecule has 9 nitrogen and oxygen atoms in total. The molecule has 0 radical (unpaired) electrons. The Morgan fingerprint density at radius 1 is 1.02 bits per heavy atom. The highest BCUT2D eigenvalue weighted by atomic mass is 16.5. The maximum atomic E-state index is 13.0. The van der Waals surface area contributed by atoms with Gasteiger partial charge < -0.3 is 15.5 Å². The molecule has 4 aromatic rings. The lowest BCUT2D eigenvalue weighted by Crippen LogP contribution is -2.33. The first-order chi connectivity index (χ1) is 19.3. The summed E-state index contributed by atoms with van der Waals surface area (Å²) in [7, 11) is 0. The van der Waals surface area contributed by atoms with E-state index >= 15 is 0 Å². The summed E-state index contributed by atoms with van der Waals surface area (Å²) in [6.07, 6.45) is 2.70. The smallest absolute Gasteiger partial charge is 0.256 e. The van der Waals surface area contributed by atoms with E-state index < -0.39 is 5.41 Å². The van der Waals surface area contributed by atoms with Crippen LogP contribution in [0, 0.1) is 12.3 Å². The molecule has 204 valence electrons. The van der Waals surface area contributed by atoms with Gasteiger partial charge in [0.2, 0.25) is 5.88 Å². The zero-order chi connectivity index (χ0) is 28.1. The molecule has 40 heavy (non-hydrogen) atoms. The van der Waals surface area contributed by atoms with Crippen LogP contribution < -0.4 is 20.9 Å². The number of carbonyl (C=O) groups excluding carboxylic acids is 2. The van der Waals surface area contributed by atoms with Crippen LogP contribution in [-0.4, -0.2) is 40.8 Å². The first-order valence-electron chi connectivity index (χ1n) is 13.2. The van der Waals surface area contributed by atoms with E-state index in [0.29, 0.717) is 31.0 Å². The number of aromatic nitrogens is 2. The van der Waals surface area contributed by atoms with Gasteiger partial charge in [0.1, 0.15) is 24.9 Å². The second-order valence-corrected chi connectivity index (χ2v) is 10.4. The number of hydrogen-bond donors (Lipinski definition) is 3. The van der Waals surface area contributed by atoms with Gasteiger partial charge in [-0.1, -0.05) is 30.3 Å². The fourth-order valence-corrected chi connectivity index (χ4v) is 4.45. The number of benzene rings is 2. The molecule has 9 heteroatoms. The van der Waals surface area contributed by atoms with Crippen molar-refractivity contribution in [1.82, 2.24) is 20.8 Å². The molecule has 3 N–H and O–H groups in total. The topological polar surface area (TPSA) is 118 Å². The Hall–Kier alpha value is -4.63. The first kappa shape index (κ1) is 27.0. The maximum absolute atomic E-state index is 13.0. The molecule has 1 amide bonds. The van der Waals surface area contributed by atoms with Crippen LogP contribution in [0.2, 0.25) is 0 Å². The van der Waals surface area contributed by atoms with Gasteiger partial charge in [-0.25, -0.2) is 10.4 Å².